The van der Waals surface area contributed by atoms with E-state index in [-0.39, 0.29) is 90.8 Å². The first-order chi connectivity index (χ1) is 49.7. The molecule has 6 heterocycles. The van der Waals surface area contributed by atoms with Crippen molar-refractivity contribution in [1.82, 2.24) is 63.4 Å². The molecule has 0 radical (unpaired) electrons. The van der Waals surface area contributed by atoms with Crippen LogP contribution >= 0.6 is 0 Å². The van der Waals surface area contributed by atoms with Crippen molar-refractivity contribution in [3.63, 3.8) is 0 Å². The number of carbonyl (C=O) groups excluding carboxylic acids is 8. The van der Waals surface area contributed by atoms with Gasteiger partial charge in [0.2, 0.25) is 10.0 Å². The van der Waals surface area contributed by atoms with Gasteiger partial charge < -0.3 is 24.9 Å². The van der Waals surface area contributed by atoms with Gasteiger partial charge in [-0.05, 0) is 156 Å². The van der Waals surface area contributed by atoms with Crippen LogP contribution in [0, 0.1) is 0 Å². The maximum Gasteiger partial charge on any atom is 0.261 e. The summed E-state index contributed by atoms with van der Waals surface area (Å²) in [6, 6.07) is 35.8. The van der Waals surface area contributed by atoms with Gasteiger partial charge in [-0.1, -0.05) is 54.6 Å². The fraction of sp³-hybridized carbons (Fsp3) is 0.308. The molecular weight excluding hydrogens is 1330 g/mol. The molecule has 0 spiro atoms. The molecule has 24 nitrogen and oxygen atoms in total. The van der Waals surface area contributed by atoms with Crippen LogP contribution in [-0.2, 0) is 16.4 Å². The van der Waals surface area contributed by atoms with Gasteiger partial charge >= 0.3 is 0 Å². The van der Waals surface area contributed by atoms with Crippen molar-refractivity contribution in [2.75, 3.05) is 99.2 Å². The number of aromatic nitrogens is 4. The number of sulfonamides is 1. The molecule has 0 bridgehead atoms. The van der Waals surface area contributed by atoms with Gasteiger partial charge in [0.05, 0.1) is 28.9 Å². The number of carbonyl (C=O) groups is 8. The van der Waals surface area contributed by atoms with E-state index in [1.807, 2.05) is 76.1 Å². The standard InChI is InChI=1S/C39H41N7O6S.C39H40N6O5/c1-25(2)43(20-21-46-37(48)30-11-6-9-28-33(44-18-15-41-24-44)13-12-31(35(28)30)38(46)49)17-7-14-40-16-19-45-36(47)29-10-5-8-26-22-27(53(51,52)42(3)4)23-32(34(26)29)39(45)50;1-25(2)42(21-22-45-37(48)30-9-4-7-28-33(43-19-16-41-24-43)13-12-32(35(28)30)39(45)50)18-5-15-40-17-20-44-36(47)29-8-3-6-27-26(14-23-46)10-11-31(34(27)29)38(44)49/h5-6,8-13,15,18,22-25,40H,7,14,16-17,19-21H2,1-4H3;3-4,6-13,16,19,24-25,40,46H,5,14-15,17-18,20-23H2,1-2H3. The van der Waals surface area contributed by atoms with Gasteiger partial charge in [-0.15, -0.1) is 0 Å². The van der Waals surface area contributed by atoms with Crippen LogP contribution in [-0.4, -0.2) is 225 Å². The zero-order valence-electron chi connectivity index (χ0n) is 58.3. The van der Waals surface area contributed by atoms with Crippen LogP contribution in [0.25, 0.3) is 54.5 Å². The summed E-state index contributed by atoms with van der Waals surface area (Å²) in [7, 11) is -0.944. The van der Waals surface area contributed by atoms with Crippen LogP contribution < -0.4 is 10.6 Å². The van der Waals surface area contributed by atoms with Gasteiger partial charge in [0.1, 0.15) is 0 Å². The fourth-order valence-corrected chi connectivity index (χ4v) is 15.5. The first kappa shape index (κ1) is 70.9. The minimum absolute atomic E-state index is 0.00553. The first-order valence-electron chi connectivity index (χ1n) is 34.8. The molecule has 530 valence electrons. The Morgan fingerprint density at radius 2 is 0.825 bits per heavy atom. The third-order valence-corrected chi connectivity index (χ3v) is 21.7. The first-order valence-corrected chi connectivity index (χ1v) is 36.2. The molecule has 103 heavy (non-hydrogen) atoms. The van der Waals surface area contributed by atoms with Crippen molar-refractivity contribution in [1.29, 1.82) is 0 Å². The lowest BCUT2D eigenvalue weighted by atomic mass is 9.90. The van der Waals surface area contributed by atoms with Crippen molar-refractivity contribution in [2.24, 2.45) is 0 Å². The van der Waals surface area contributed by atoms with Gasteiger partial charge in [0.15, 0.2) is 0 Å². The molecule has 10 aromatic rings. The number of imide groups is 4. The van der Waals surface area contributed by atoms with E-state index < -0.39 is 21.8 Å². The number of amides is 8. The van der Waals surface area contributed by atoms with E-state index in [0.717, 1.165) is 56.8 Å². The Bertz CT molecular complexity index is 5090. The summed E-state index contributed by atoms with van der Waals surface area (Å²) in [6.07, 6.45) is 12.4. The molecule has 4 aliphatic heterocycles. The highest BCUT2D eigenvalue weighted by molar-refractivity contribution is 7.89. The van der Waals surface area contributed by atoms with E-state index in [0.29, 0.717) is 118 Å². The van der Waals surface area contributed by atoms with E-state index >= 15 is 0 Å². The van der Waals surface area contributed by atoms with Gasteiger partial charge in [-0.3, -0.25) is 67.8 Å². The lowest BCUT2D eigenvalue weighted by Crippen LogP contribution is -2.46. The summed E-state index contributed by atoms with van der Waals surface area (Å²) in [5.74, 6) is -2.73. The quantitative estimate of drug-likeness (QED) is 0.0307. The Morgan fingerprint density at radius 1 is 0.437 bits per heavy atom. The maximum atomic E-state index is 13.7. The number of hydrogen-bond acceptors (Lipinski definition) is 17. The Balaban J connectivity index is 0.000000184. The Morgan fingerprint density at radius 3 is 1.24 bits per heavy atom. The van der Waals surface area contributed by atoms with Crippen molar-refractivity contribution >= 4 is 100 Å². The van der Waals surface area contributed by atoms with Crippen molar-refractivity contribution in [3.05, 3.63) is 209 Å². The number of benzene rings is 8. The molecule has 25 heteroatoms. The summed E-state index contributed by atoms with van der Waals surface area (Å²) < 4.78 is 30.7. The maximum absolute atomic E-state index is 13.7. The largest absolute Gasteiger partial charge is 0.396 e. The van der Waals surface area contributed by atoms with Crippen LogP contribution in [0.5, 0.6) is 0 Å². The molecule has 0 saturated heterocycles. The normalized spacial score (nSPS) is 14.5. The number of nitrogens with one attached hydrogen (secondary N) is 2. The van der Waals surface area contributed by atoms with Crippen molar-refractivity contribution < 1.29 is 51.9 Å². The predicted molar refractivity (Wildman–Crippen MR) is 392 cm³/mol. The number of aliphatic hydroxyl groups excluding tert-OH is 1. The molecule has 4 aliphatic rings. The van der Waals surface area contributed by atoms with E-state index in [9.17, 15) is 51.9 Å². The van der Waals surface area contributed by atoms with Gasteiger partial charge in [0, 0.05) is 187 Å². The highest BCUT2D eigenvalue weighted by Gasteiger charge is 2.38. The topological polar surface area (TPSA) is 273 Å². The molecule has 2 aromatic heterocycles. The van der Waals surface area contributed by atoms with Gasteiger partial charge in [-0.25, -0.2) is 22.7 Å². The van der Waals surface area contributed by atoms with E-state index in [1.54, 1.807) is 79.6 Å². The molecule has 0 saturated carbocycles. The molecular formula is C78H81N13O11S. The second-order valence-corrected chi connectivity index (χ2v) is 29.0. The van der Waals surface area contributed by atoms with Crippen LogP contribution in [0.3, 0.4) is 0 Å². The summed E-state index contributed by atoms with van der Waals surface area (Å²) in [5.41, 5.74) is 6.25. The smallest absolute Gasteiger partial charge is 0.261 e. The predicted octanol–water partition coefficient (Wildman–Crippen LogP) is 8.31. The molecule has 0 fully saturated rings. The second-order valence-electron chi connectivity index (χ2n) is 26.8. The monoisotopic (exact) mass is 1410 g/mol. The van der Waals surface area contributed by atoms with Crippen LogP contribution in [0.2, 0.25) is 0 Å². The van der Waals surface area contributed by atoms with E-state index in [4.69, 9.17) is 0 Å². The molecule has 3 N–H and O–H groups in total. The SMILES string of the molecule is CC(C)N(CCCNCCN1C(=O)c2cccc3c(CCO)ccc(c23)C1=O)CCN1C(=O)c2cccc3c(-n4ccnc4)ccc(c23)C1=O.CC(C)N(CCCNCCN1C(=O)c2cccc3cc(S(=O)(=O)N(C)C)cc(c23)C1=O)CCN1C(=O)c2cccc3c(-n4ccnc4)ccc(c23)C1=O. The minimum atomic E-state index is -3.81. The average molecular weight is 1410 g/mol. The number of aliphatic hydroxyl groups is 1. The molecule has 14 rings (SSSR count). The number of hydrogen-bond donors (Lipinski definition) is 3. The summed E-state index contributed by atoms with van der Waals surface area (Å²) in [6.45, 7) is 13.8. The zero-order valence-corrected chi connectivity index (χ0v) is 59.2. The van der Waals surface area contributed by atoms with E-state index in [2.05, 4.69) is 58.1 Å². The Kier molecular flexibility index (Phi) is 20.5. The van der Waals surface area contributed by atoms with Crippen molar-refractivity contribution in [2.45, 2.75) is 63.9 Å². The minimum Gasteiger partial charge on any atom is -0.396 e. The summed E-state index contributed by atoms with van der Waals surface area (Å²) in [5, 5.41) is 21.6. The lowest BCUT2D eigenvalue weighted by molar-refractivity contribution is 0.0569. The summed E-state index contributed by atoms with van der Waals surface area (Å²) >= 11 is 0. The zero-order chi connectivity index (χ0) is 72.5. The Hall–Kier alpha value is -10.5. The molecule has 8 aromatic carbocycles. The molecule has 0 atom stereocenters. The van der Waals surface area contributed by atoms with Crippen LogP contribution in [0.15, 0.2) is 164 Å². The molecule has 8 amide bonds. The lowest BCUT2D eigenvalue weighted by Gasteiger charge is -2.32. The molecule has 0 aliphatic carbocycles. The second kappa shape index (κ2) is 29.8. The number of imidazole rings is 2. The summed E-state index contributed by atoms with van der Waals surface area (Å²) in [4.78, 5) is 126. The van der Waals surface area contributed by atoms with Gasteiger partial charge in [0.25, 0.3) is 47.3 Å². The third kappa shape index (κ3) is 13.4. The third-order valence-electron chi connectivity index (χ3n) is 20.0. The molecule has 0 unspecified atom stereocenters. The van der Waals surface area contributed by atoms with Crippen LogP contribution in [0.4, 0.5) is 0 Å². The average Bonchev–Trinajstić information content (AvgIpc) is 0.841. The van der Waals surface area contributed by atoms with Crippen LogP contribution in [0.1, 0.15) is 129 Å². The van der Waals surface area contributed by atoms with Crippen molar-refractivity contribution in [3.8, 4) is 11.4 Å². The number of nitrogens with zero attached hydrogens (tertiary/aromatic N) is 11. The number of rotatable bonds is 28. The highest BCUT2D eigenvalue weighted by atomic mass is 32.2. The van der Waals surface area contributed by atoms with E-state index in [1.165, 1.54) is 45.8 Å². The highest BCUT2D eigenvalue weighted by Crippen LogP contribution is 2.38. The fourth-order valence-electron chi connectivity index (χ4n) is 14.5. The van der Waals surface area contributed by atoms with Gasteiger partial charge in [-0.2, -0.15) is 0 Å². The Labute approximate surface area is 596 Å².